The minimum absolute atomic E-state index is 0.117. The van der Waals surface area contributed by atoms with E-state index in [1.165, 1.54) is 0 Å². The second-order valence-electron chi connectivity index (χ2n) is 3.69. The molecule has 0 bridgehead atoms. The van der Waals surface area contributed by atoms with Crippen molar-refractivity contribution >= 4 is 28.5 Å². The van der Waals surface area contributed by atoms with Gasteiger partial charge >= 0.3 is 5.97 Å². The van der Waals surface area contributed by atoms with Gasteiger partial charge in [0, 0.05) is 0 Å². The molecule has 0 aliphatic carbocycles. The van der Waals surface area contributed by atoms with Gasteiger partial charge in [0.2, 0.25) is 5.28 Å². The van der Waals surface area contributed by atoms with Crippen molar-refractivity contribution in [2.75, 3.05) is 0 Å². The van der Waals surface area contributed by atoms with Gasteiger partial charge in [-0.1, -0.05) is 11.6 Å². The van der Waals surface area contributed by atoms with E-state index in [-0.39, 0.29) is 5.28 Å². The molecule has 0 fully saturated rings. The molecular weight excluding hydrogens is 244 g/mol. The fourth-order valence-corrected chi connectivity index (χ4v) is 1.81. The molecule has 0 atom stereocenters. The lowest BCUT2D eigenvalue weighted by atomic mass is 10.2. The fourth-order valence-electron chi connectivity index (χ4n) is 1.58. The van der Waals surface area contributed by atoms with Gasteiger partial charge in [0.25, 0.3) is 5.56 Å². The zero-order valence-corrected chi connectivity index (χ0v) is 9.73. The van der Waals surface area contributed by atoms with Crippen LogP contribution in [0.3, 0.4) is 0 Å². The molecule has 0 saturated heterocycles. The van der Waals surface area contributed by atoms with Crippen molar-refractivity contribution in [3.63, 3.8) is 0 Å². The van der Waals surface area contributed by atoms with Crippen LogP contribution in [0.25, 0.3) is 10.9 Å². The zero-order chi connectivity index (χ0) is 12.6. The molecule has 5 nitrogen and oxygen atoms in total. The Kier molecular flexibility index (Phi) is 2.85. The first-order valence-corrected chi connectivity index (χ1v) is 5.25. The molecule has 0 aliphatic rings. The summed E-state index contributed by atoms with van der Waals surface area (Å²) in [7, 11) is 0. The summed E-state index contributed by atoms with van der Waals surface area (Å²) in [5.74, 6) is -1.14. The van der Waals surface area contributed by atoms with E-state index in [1.54, 1.807) is 12.1 Å². The van der Waals surface area contributed by atoms with Crippen molar-refractivity contribution in [3.8, 4) is 0 Å². The van der Waals surface area contributed by atoms with E-state index in [2.05, 4.69) is 4.98 Å². The monoisotopic (exact) mass is 252 g/mol. The summed E-state index contributed by atoms with van der Waals surface area (Å²) in [5.41, 5.74) is 0.930. The van der Waals surface area contributed by atoms with E-state index in [4.69, 9.17) is 16.7 Å². The molecule has 17 heavy (non-hydrogen) atoms. The Labute approximate surface area is 101 Å². The van der Waals surface area contributed by atoms with Gasteiger partial charge in [-0.3, -0.25) is 14.2 Å². The second kappa shape index (κ2) is 4.18. The summed E-state index contributed by atoms with van der Waals surface area (Å²) in [6, 6.07) is 5.16. The van der Waals surface area contributed by atoms with Gasteiger partial charge in [0.05, 0.1) is 10.9 Å². The summed E-state index contributed by atoms with van der Waals surface area (Å²) in [6.07, 6.45) is 0. The Morgan fingerprint density at radius 1 is 1.53 bits per heavy atom. The molecule has 0 radical (unpaired) electrons. The number of nitrogens with zero attached hydrogens (tertiary/aromatic N) is 2. The first-order valence-electron chi connectivity index (χ1n) is 4.87. The normalized spacial score (nSPS) is 10.7. The second-order valence-corrected chi connectivity index (χ2v) is 4.02. The van der Waals surface area contributed by atoms with Gasteiger partial charge in [-0.05, 0) is 30.7 Å². The average molecular weight is 253 g/mol. The summed E-state index contributed by atoms with van der Waals surface area (Å²) in [5, 5.41) is 8.95. The Balaban J connectivity index is 2.78. The molecule has 0 unspecified atom stereocenters. The quantitative estimate of drug-likeness (QED) is 0.821. The molecular formula is C11H9ClN2O3. The van der Waals surface area contributed by atoms with E-state index in [0.717, 1.165) is 10.1 Å². The molecule has 1 heterocycles. The molecule has 0 amide bonds. The highest BCUT2D eigenvalue weighted by atomic mass is 35.5. The number of fused-ring (bicyclic) bond motifs is 1. The minimum Gasteiger partial charge on any atom is -0.480 e. The Bertz CT molecular complexity index is 664. The number of hydrogen-bond acceptors (Lipinski definition) is 3. The van der Waals surface area contributed by atoms with Crippen molar-refractivity contribution in [3.05, 3.63) is 39.4 Å². The van der Waals surface area contributed by atoms with Crippen LogP contribution in [0.4, 0.5) is 0 Å². The van der Waals surface area contributed by atoms with Crippen molar-refractivity contribution < 1.29 is 9.90 Å². The molecule has 1 aromatic heterocycles. The number of carboxylic acid groups (broad SMARTS) is 1. The molecule has 0 spiro atoms. The third-order valence-corrected chi connectivity index (χ3v) is 2.64. The number of aliphatic carboxylic acids is 1. The maximum atomic E-state index is 12.0. The summed E-state index contributed by atoms with van der Waals surface area (Å²) < 4.78 is 0.936. The topological polar surface area (TPSA) is 72.2 Å². The summed E-state index contributed by atoms with van der Waals surface area (Å²) >= 11 is 5.78. The van der Waals surface area contributed by atoms with Crippen LogP contribution in [0.1, 0.15) is 5.56 Å². The fraction of sp³-hybridized carbons (Fsp3) is 0.182. The molecule has 88 valence electrons. The predicted octanol–water partition coefficient (Wildman–Crippen LogP) is 1.44. The zero-order valence-electron chi connectivity index (χ0n) is 8.98. The minimum atomic E-state index is -1.14. The smallest absolute Gasteiger partial charge is 0.323 e. The molecule has 2 aromatic rings. The van der Waals surface area contributed by atoms with Crippen LogP contribution >= 0.6 is 11.6 Å². The molecule has 0 aliphatic heterocycles. The molecule has 1 aromatic carbocycles. The molecule has 0 saturated carbocycles. The van der Waals surface area contributed by atoms with E-state index in [9.17, 15) is 9.59 Å². The lowest BCUT2D eigenvalue weighted by Gasteiger charge is -2.06. The first kappa shape index (κ1) is 11.6. The number of rotatable bonds is 2. The van der Waals surface area contributed by atoms with Crippen molar-refractivity contribution in [1.29, 1.82) is 0 Å². The van der Waals surface area contributed by atoms with Crippen molar-refractivity contribution in [1.82, 2.24) is 9.55 Å². The SMILES string of the molecule is Cc1ccc2nc(Cl)n(CC(=O)O)c(=O)c2c1. The summed E-state index contributed by atoms with van der Waals surface area (Å²) in [4.78, 5) is 26.6. The Hall–Kier alpha value is -1.88. The van der Waals surface area contributed by atoms with Crippen LogP contribution in [0.5, 0.6) is 0 Å². The standard InChI is InChI=1S/C11H9ClN2O3/c1-6-2-3-8-7(4-6)10(17)14(5-9(15)16)11(12)13-8/h2-4H,5H2,1H3,(H,15,16). The lowest BCUT2D eigenvalue weighted by Crippen LogP contribution is -2.25. The van der Waals surface area contributed by atoms with Crippen LogP contribution < -0.4 is 5.56 Å². The van der Waals surface area contributed by atoms with Gasteiger partial charge in [0.1, 0.15) is 6.54 Å². The largest absolute Gasteiger partial charge is 0.480 e. The molecule has 1 N–H and O–H groups in total. The van der Waals surface area contributed by atoms with Crippen LogP contribution in [0, 0.1) is 6.92 Å². The third-order valence-electron chi connectivity index (χ3n) is 2.36. The van der Waals surface area contributed by atoms with Crippen LogP contribution in [-0.2, 0) is 11.3 Å². The Morgan fingerprint density at radius 3 is 2.88 bits per heavy atom. The predicted molar refractivity (Wildman–Crippen MR) is 63.4 cm³/mol. The number of carbonyl (C=O) groups is 1. The first-order chi connectivity index (χ1) is 7.99. The van der Waals surface area contributed by atoms with Gasteiger partial charge in [-0.25, -0.2) is 4.98 Å². The van der Waals surface area contributed by atoms with Crippen LogP contribution in [0.15, 0.2) is 23.0 Å². The number of halogens is 1. The maximum absolute atomic E-state index is 12.0. The van der Waals surface area contributed by atoms with Crippen molar-refractivity contribution in [2.45, 2.75) is 13.5 Å². The summed E-state index contributed by atoms with van der Waals surface area (Å²) in [6.45, 7) is 1.35. The van der Waals surface area contributed by atoms with Gasteiger partial charge in [0.15, 0.2) is 0 Å². The van der Waals surface area contributed by atoms with E-state index < -0.39 is 18.1 Å². The number of aryl methyl sites for hydroxylation is 1. The highest BCUT2D eigenvalue weighted by Crippen LogP contribution is 2.13. The number of hydrogen-bond donors (Lipinski definition) is 1. The average Bonchev–Trinajstić information content (AvgIpc) is 2.25. The third kappa shape index (κ3) is 2.14. The highest BCUT2D eigenvalue weighted by Gasteiger charge is 2.11. The highest BCUT2D eigenvalue weighted by molar-refractivity contribution is 6.28. The number of aromatic nitrogens is 2. The lowest BCUT2D eigenvalue weighted by molar-refractivity contribution is -0.137. The van der Waals surface area contributed by atoms with Gasteiger partial charge < -0.3 is 5.11 Å². The van der Waals surface area contributed by atoms with Gasteiger partial charge in [-0.2, -0.15) is 0 Å². The molecule has 6 heteroatoms. The van der Waals surface area contributed by atoms with Crippen molar-refractivity contribution in [2.24, 2.45) is 0 Å². The molecule has 2 rings (SSSR count). The van der Waals surface area contributed by atoms with E-state index in [0.29, 0.717) is 10.9 Å². The van der Waals surface area contributed by atoms with E-state index in [1.807, 2.05) is 13.0 Å². The van der Waals surface area contributed by atoms with Gasteiger partial charge in [-0.15, -0.1) is 0 Å². The number of benzene rings is 1. The van der Waals surface area contributed by atoms with Crippen LogP contribution in [-0.4, -0.2) is 20.6 Å². The number of carboxylic acids is 1. The van der Waals surface area contributed by atoms with Crippen LogP contribution in [0.2, 0.25) is 5.28 Å². The Morgan fingerprint density at radius 2 is 2.24 bits per heavy atom. The maximum Gasteiger partial charge on any atom is 0.323 e. The van der Waals surface area contributed by atoms with E-state index >= 15 is 0 Å².